The van der Waals surface area contributed by atoms with Crippen LogP contribution in [0.2, 0.25) is 0 Å². The van der Waals surface area contributed by atoms with Crippen LogP contribution >= 0.6 is 0 Å². The lowest BCUT2D eigenvalue weighted by atomic mass is 10.1. The van der Waals surface area contributed by atoms with Crippen LogP contribution < -0.4 is 15.5 Å². The zero-order chi connectivity index (χ0) is 18.4. The van der Waals surface area contributed by atoms with Gasteiger partial charge in [0.1, 0.15) is 0 Å². The third kappa shape index (κ3) is 4.93. The fraction of sp³-hybridized carbons (Fsp3) is 0.471. The standard InChI is InChI=1S/C17H24N4O4/c1-12-10-21(14-6-4-13(5-7-14)16(23)25-3)9-8-20(12)11-15(22)19-17(24)18-2/h4-7,12H,8-11H2,1-3H3,(H2,18,19,22,24). The topological polar surface area (TPSA) is 91.0 Å². The quantitative estimate of drug-likeness (QED) is 0.768. The first-order valence-corrected chi connectivity index (χ1v) is 8.13. The van der Waals surface area contributed by atoms with Gasteiger partial charge in [-0.25, -0.2) is 9.59 Å². The summed E-state index contributed by atoms with van der Waals surface area (Å²) in [4.78, 5) is 38.7. The highest BCUT2D eigenvalue weighted by Crippen LogP contribution is 2.20. The van der Waals surface area contributed by atoms with Crippen molar-refractivity contribution in [3.8, 4) is 0 Å². The predicted octanol–water partition coefficient (Wildman–Crippen LogP) is 0.439. The first-order chi connectivity index (χ1) is 11.9. The number of nitrogens with one attached hydrogen (secondary N) is 2. The Kier molecular flexibility index (Phi) is 6.35. The van der Waals surface area contributed by atoms with E-state index in [2.05, 4.69) is 15.5 Å². The normalized spacial score (nSPS) is 17.7. The second-order valence-electron chi connectivity index (χ2n) is 5.93. The SMILES string of the molecule is CNC(=O)NC(=O)CN1CCN(c2ccc(C(=O)OC)cc2)CC1C. The molecular weight excluding hydrogens is 324 g/mol. The fourth-order valence-corrected chi connectivity index (χ4v) is 2.80. The molecule has 136 valence electrons. The molecule has 1 atom stereocenters. The maximum absolute atomic E-state index is 11.8. The molecule has 2 N–H and O–H groups in total. The average Bonchev–Trinajstić information content (AvgIpc) is 2.62. The van der Waals surface area contributed by atoms with Crippen LogP contribution in [0, 0.1) is 0 Å². The van der Waals surface area contributed by atoms with Crippen molar-refractivity contribution in [1.82, 2.24) is 15.5 Å². The van der Waals surface area contributed by atoms with E-state index in [1.165, 1.54) is 14.2 Å². The molecule has 1 aromatic rings. The van der Waals surface area contributed by atoms with Crippen molar-refractivity contribution in [2.45, 2.75) is 13.0 Å². The van der Waals surface area contributed by atoms with Gasteiger partial charge in [0.05, 0.1) is 19.2 Å². The summed E-state index contributed by atoms with van der Waals surface area (Å²) < 4.78 is 4.70. The number of benzene rings is 1. The molecule has 1 unspecified atom stereocenters. The highest BCUT2D eigenvalue weighted by Gasteiger charge is 2.26. The maximum Gasteiger partial charge on any atom is 0.337 e. The lowest BCUT2D eigenvalue weighted by Gasteiger charge is -2.40. The zero-order valence-corrected chi connectivity index (χ0v) is 14.7. The van der Waals surface area contributed by atoms with Gasteiger partial charge >= 0.3 is 12.0 Å². The number of urea groups is 1. The number of hydrogen-bond acceptors (Lipinski definition) is 6. The number of amides is 3. The minimum Gasteiger partial charge on any atom is -0.465 e. The predicted molar refractivity (Wildman–Crippen MR) is 93.6 cm³/mol. The summed E-state index contributed by atoms with van der Waals surface area (Å²) in [5.74, 6) is -0.672. The minimum atomic E-state index is -0.498. The summed E-state index contributed by atoms with van der Waals surface area (Å²) in [6.07, 6.45) is 0. The van der Waals surface area contributed by atoms with Crippen LogP contribution in [0.25, 0.3) is 0 Å². The third-order valence-electron chi connectivity index (χ3n) is 4.25. The van der Waals surface area contributed by atoms with Crippen LogP contribution in [-0.4, -0.2) is 69.2 Å². The monoisotopic (exact) mass is 348 g/mol. The van der Waals surface area contributed by atoms with Crippen LogP contribution in [0.3, 0.4) is 0 Å². The molecule has 0 bridgehead atoms. The Morgan fingerprint density at radius 3 is 2.44 bits per heavy atom. The highest BCUT2D eigenvalue weighted by molar-refractivity contribution is 5.95. The Labute approximate surface area is 147 Å². The number of imide groups is 1. The smallest absolute Gasteiger partial charge is 0.337 e. The molecule has 25 heavy (non-hydrogen) atoms. The molecule has 1 aliphatic heterocycles. The van der Waals surface area contributed by atoms with Gasteiger partial charge < -0.3 is 15.0 Å². The molecule has 1 fully saturated rings. The molecule has 1 aromatic carbocycles. The highest BCUT2D eigenvalue weighted by atomic mass is 16.5. The van der Waals surface area contributed by atoms with Gasteiger partial charge in [0.2, 0.25) is 5.91 Å². The summed E-state index contributed by atoms with van der Waals surface area (Å²) in [6, 6.07) is 6.94. The van der Waals surface area contributed by atoms with Crippen molar-refractivity contribution in [2.24, 2.45) is 0 Å². The minimum absolute atomic E-state index is 0.157. The molecule has 3 amide bonds. The molecule has 8 heteroatoms. The first kappa shape index (κ1) is 18.7. The molecule has 0 aromatic heterocycles. The van der Waals surface area contributed by atoms with E-state index in [9.17, 15) is 14.4 Å². The molecule has 0 aliphatic carbocycles. The molecule has 0 radical (unpaired) electrons. The van der Waals surface area contributed by atoms with Gasteiger partial charge in [0, 0.05) is 38.4 Å². The number of methoxy groups -OCH3 is 1. The van der Waals surface area contributed by atoms with Gasteiger partial charge in [-0.15, -0.1) is 0 Å². The maximum atomic E-state index is 11.8. The van der Waals surface area contributed by atoms with Crippen molar-refractivity contribution in [3.05, 3.63) is 29.8 Å². The Hall–Kier alpha value is -2.61. The van der Waals surface area contributed by atoms with Gasteiger partial charge in [0.25, 0.3) is 0 Å². The van der Waals surface area contributed by atoms with Crippen LogP contribution in [0.15, 0.2) is 24.3 Å². The van der Waals surface area contributed by atoms with E-state index in [0.29, 0.717) is 12.1 Å². The first-order valence-electron chi connectivity index (χ1n) is 8.13. The number of esters is 1. The van der Waals surface area contributed by atoms with Crippen molar-refractivity contribution in [3.63, 3.8) is 0 Å². The van der Waals surface area contributed by atoms with Gasteiger partial charge in [0.15, 0.2) is 0 Å². The molecule has 0 saturated carbocycles. The lowest BCUT2D eigenvalue weighted by Crippen LogP contribution is -2.55. The summed E-state index contributed by atoms with van der Waals surface area (Å²) in [7, 11) is 2.83. The van der Waals surface area contributed by atoms with Gasteiger partial charge in [-0.1, -0.05) is 0 Å². The number of carbonyl (C=O) groups excluding carboxylic acids is 3. The molecule has 2 rings (SSSR count). The van der Waals surface area contributed by atoms with Gasteiger partial charge in [-0.2, -0.15) is 0 Å². The molecule has 0 spiro atoms. The number of carbonyl (C=O) groups is 3. The number of piperazine rings is 1. The van der Waals surface area contributed by atoms with Crippen LogP contribution in [0.5, 0.6) is 0 Å². The number of nitrogens with zero attached hydrogens (tertiary/aromatic N) is 2. The third-order valence-corrected chi connectivity index (χ3v) is 4.25. The van der Waals surface area contributed by atoms with Crippen molar-refractivity contribution in [2.75, 3.05) is 45.2 Å². The summed E-state index contributed by atoms with van der Waals surface area (Å²) in [6.45, 7) is 4.45. The summed E-state index contributed by atoms with van der Waals surface area (Å²) >= 11 is 0. The second-order valence-corrected chi connectivity index (χ2v) is 5.93. The summed E-state index contributed by atoms with van der Waals surface area (Å²) in [5.41, 5.74) is 1.54. The molecule has 8 nitrogen and oxygen atoms in total. The van der Waals surface area contributed by atoms with Crippen molar-refractivity contribution < 1.29 is 19.1 Å². The van der Waals surface area contributed by atoms with E-state index in [1.54, 1.807) is 12.1 Å². The van der Waals surface area contributed by atoms with Crippen LogP contribution in [0.4, 0.5) is 10.5 Å². The zero-order valence-electron chi connectivity index (χ0n) is 14.7. The lowest BCUT2D eigenvalue weighted by molar-refractivity contribution is -0.121. The van der Waals surface area contributed by atoms with Crippen LogP contribution in [-0.2, 0) is 9.53 Å². The van der Waals surface area contributed by atoms with E-state index in [-0.39, 0.29) is 24.5 Å². The fourth-order valence-electron chi connectivity index (χ4n) is 2.80. The number of hydrogen-bond donors (Lipinski definition) is 2. The second kappa shape index (κ2) is 8.48. The van der Waals surface area contributed by atoms with Crippen molar-refractivity contribution >= 4 is 23.6 Å². The van der Waals surface area contributed by atoms with Gasteiger partial charge in [-0.05, 0) is 31.2 Å². The van der Waals surface area contributed by atoms with Crippen molar-refractivity contribution in [1.29, 1.82) is 0 Å². The Morgan fingerprint density at radius 2 is 1.88 bits per heavy atom. The van der Waals surface area contributed by atoms with E-state index < -0.39 is 6.03 Å². The number of rotatable bonds is 4. The summed E-state index contributed by atoms with van der Waals surface area (Å²) in [5, 5.41) is 4.63. The molecule has 1 saturated heterocycles. The Balaban J connectivity index is 1.91. The number of ether oxygens (including phenoxy) is 1. The van der Waals surface area contributed by atoms with E-state index in [1.807, 2.05) is 24.0 Å². The molecule has 1 aliphatic rings. The Bertz CT molecular complexity index is 632. The largest absolute Gasteiger partial charge is 0.465 e. The number of anilines is 1. The van der Waals surface area contributed by atoms with Crippen LogP contribution in [0.1, 0.15) is 17.3 Å². The van der Waals surface area contributed by atoms with E-state index >= 15 is 0 Å². The molecule has 1 heterocycles. The van der Waals surface area contributed by atoms with E-state index in [0.717, 1.165) is 18.8 Å². The van der Waals surface area contributed by atoms with E-state index in [4.69, 9.17) is 4.74 Å². The molecular formula is C17H24N4O4. The average molecular weight is 348 g/mol. The van der Waals surface area contributed by atoms with Gasteiger partial charge in [-0.3, -0.25) is 15.0 Å². The Morgan fingerprint density at radius 1 is 1.20 bits per heavy atom.